The second kappa shape index (κ2) is 10.3. The minimum absolute atomic E-state index is 0. The van der Waals surface area contributed by atoms with Crippen molar-refractivity contribution in [1.82, 2.24) is 9.97 Å². The summed E-state index contributed by atoms with van der Waals surface area (Å²) >= 11 is 0. The quantitative estimate of drug-likeness (QED) is 0.473. The molecule has 0 radical (unpaired) electrons. The monoisotopic (exact) mass is 331 g/mol. The minimum atomic E-state index is 0. The molecule has 0 amide bonds. The van der Waals surface area contributed by atoms with Gasteiger partial charge in [-0.25, -0.2) is 0 Å². The van der Waals surface area contributed by atoms with E-state index in [1.54, 1.807) is 26.4 Å². The van der Waals surface area contributed by atoms with E-state index in [-0.39, 0.29) is 57.2 Å². The molecule has 0 unspecified atom stereocenters. The molecule has 0 saturated carbocycles. The Hall–Kier alpha value is -0.484. The van der Waals surface area contributed by atoms with Crippen molar-refractivity contribution < 1.29 is 70.3 Å². The maximum Gasteiger partial charge on any atom is 1.00 e. The molecule has 2 aromatic rings. The van der Waals surface area contributed by atoms with Crippen molar-refractivity contribution in [1.29, 1.82) is 0 Å². The largest absolute Gasteiger partial charge is 1.00 e. The number of nitrogens with zero attached hydrogens (tertiary/aromatic N) is 2. The van der Waals surface area contributed by atoms with Crippen LogP contribution < -0.4 is 60.9 Å². The van der Waals surface area contributed by atoms with Gasteiger partial charge in [0.25, 0.3) is 0 Å². The van der Waals surface area contributed by atoms with Gasteiger partial charge in [-0.05, 0) is 6.07 Å². The van der Waals surface area contributed by atoms with Gasteiger partial charge in [-0.15, -0.1) is 0 Å². The van der Waals surface area contributed by atoms with Gasteiger partial charge in [0.1, 0.15) is 13.2 Å². The summed E-state index contributed by atoms with van der Waals surface area (Å²) < 4.78 is 21.2. The van der Waals surface area contributed by atoms with Gasteiger partial charge in [-0.1, -0.05) is 5.82 Å². The Bertz CT molecular complexity index is 598. The van der Waals surface area contributed by atoms with Gasteiger partial charge in [-0.3, -0.25) is 4.98 Å². The second-order valence-corrected chi connectivity index (χ2v) is 4.22. The number of hydrogen-bond donors (Lipinski definition) is 0. The topological polar surface area (TPSA) is 86.5 Å². The molecule has 1 aromatic heterocycles. The number of benzene rings is 1. The van der Waals surface area contributed by atoms with Gasteiger partial charge >= 0.3 is 51.4 Å². The maximum atomic E-state index is 7.82. The van der Waals surface area contributed by atoms with Crippen molar-refractivity contribution in [3.63, 3.8) is 0 Å². The van der Waals surface area contributed by atoms with Crippen LogP contribution in [-0.4, -0.2) is 50.6 Å². The van der Waals surface area contributed by atoms with Gasteiger partial charge in [-0.2, -0.15) is 0 Å². The van der Waals surface area contributed by atoms with Crippen molar-refractivity contribution in [3.05, 3.63) is 24.2 Å². The van der Waals surface area contributed by atoms with Crippen LogP contribution >= 0.6 is 0 Å². The molecule has 114 valence electrons. The molecule has 0 saturated heterocycles. The van der Waals surface area contributed by atoms with Gasteiger partial charge < -0.3 is 29.7 Å². The van der Waals surface area contributed by atoms with Gasteiger partial charge in [0.2, 0.25) is 0 Å². The number of nitrogens with one attached hydrogen (secondary N) is 1. The van der Waals surface area contributed by atoms with Crippen molar-refractivity contribution in [2.75, 3.05) is 40.6 Å². The third-order valence-corrected chi connectivity index (χ3v) is 2.79. The molecule has 22 heavy (non-hydrogen) atoms. The molecule has 1 N–H and O–H groups in total. The van der Waals surface area contributed by atoms with E-state index in [0.29, 0.717) is 48.8 Å². The van der Waals surface area contributed by atoms with Crippen molar-refractivity contribution >= 4 is 16.7 Å². The first-order valence-electron chi connectivity index (χ1n) is 6.50. The fourth-order valence-corrected chi connectivity index (χ4v) is 1.76. The Kier molecular flexibility index (Phi) is 9.18. The van der Waals surface area contributed by atoms with E-state index in [9.17, 15) is 0 Å². The summed E-state index contributed by atoms with van der Waals surface area (Å²) in [7, 11) is 3.22. The normalized spacial score (nSPS) is 10.3. The average molecular weight is 331 g/mol. The summed E-state index contributed by atoms with van der Waals surface area (Å²) in [5, 5.41) is 0.615. The Morgan fingerprint density at radius 3 is 2.09 bits per heavy atom. The number of ether oxygens (including phenoxy) is 4. The van der Waals surface area contributed by atoms with E-state index in [2.05, 4.69) is 9.97 Å². The zero-order valence-electron chi connectivity index (χ0n) is 13.1. The summed E-state index contributed by atoms with van der Waals surface area (Å²) in [6, 6.07) is 3.46. The van der Waals surface area contributed by atoms with Crippen LogP contribution in [0.25, 0.3) is 16.6 Å². The number of hydrogen-bond acceptors (Lipinski definition) is 6. The minimum Gasteiger partial charge on any atom is -0.487 e. The van der Waals surface area contributed by atoms with Crippen molar-refractivity contribution in [2.45, 2.75) is 0 Å². The van der Waals surface area contributed by atoms with Crippen LogP contribution in [0.4, 0.5) is 5.82 Å². The van der Waals surface area contributed by atoms with Gasteiger partial charge in [0, 0.05) is 32.0 Å². The average Bonchev–Trinajstić information content (AvgIpc) is 2.49. The van der Waals surface area contributed by atoms with E-state index >= 15 is 0 Å². The third-order valence-electron chi connectivity index (χ3n) is 2.79. The Balaban J connectivity index is 0.00000242. The molecule has 1 aromatic carbocycles. The van der Waals surface area contributed by atoms with E-state index in [0.717, 1.165) is 0 Å². The van der Waals surface area contributed by atoms with E-state index in [1.807, 2.05) is 0 Å². The van der Waals surface area contributed by atoms with Crippen LogP contribution in [0.2, 0.25) is 0 Å². The van der Waals surface area contributed by atoms with Crippen LogP contribution in [0, 0.1) is 0 Å². The summed E-state index contributed by atoms with van der Waals surface area (Å²) in [5.74, 6) is 1.26. The molecule has 0 aliphatic rings. The number of rotatable bonds is 8. The molecule has 0 atom stereocenters. The third kappa shape index (κ3) is 5.30. The fraction of sp³-hybridized carbons (Fsp3) is 0.429. The van der Waals surface area contributed by atoms with Crippen molar-refractivity contribution in [3.8, 4) is 11.5 Å². The summed E-state index contributed by atoms with van der Waals surface area (Å²) in [6.07, 6.45) is 1.36. The first kappa shape index (κ1) is 19.6. The zero-order valence-corrected chi connectivity index (χ0v) is 16.2. The van der Waals surface area contributed by atoms with Gasteiger partial charge in [0.05, 0.1) is 18.7 Å². The second-order valence-electron chi connectivity index (χ2n) is 4.22. The standard InChI is InChI=1S/C14H18N3O4.K/c1-18-3-5-20-12-7-10-11(16-9-17-14(10)15)8-13(12)21-6-4-19-2;/h7-9H,3-6H2,1-2H3,(H-,15,16,17);/q-1;+1. The van der Waals surface area contributed by atoms with E-state index < -0.39 is 0 Å². The molecule has 0 aliphatic heterocycles. The molecule has 2 rings (SSSR count). The molecule has 0 spiro atoms. The van der Waals surface area contributed by atoms with E-state index in [1.165, 1.54) is 6.33 Å². The maximum absolute atomic E-state index is 7.82. The van der Waals surface area contributed by atoms with Gasteiger partial charge in [0.15, 0.2) is 11.5 Å². The van der Waals surface area contributed by atoms with Crippen LogP contribution in [0.3, 0.4) is 0 Å². The summed E-state index contributed by atoms with van der Waals surface area (Å²) in [5.41, 5.74) is 8.46. The predicted octanol–water partition coefficient (Wildman–Crippen LogP) is -0.632. The van der Waals surface area contributed by atoms with Crippen LogP contribution in [0.15, 0.2) is 18.5 Å². The number of fused-ring (bicyclic) bond motifs is 1. The van der Waals surface area contributed by atoms with Crippen LogP contribution in [0.5, 0.6) is 11.5 Å². The molecule has 0 aliphatic carbocycles. The zero-order chi connectivity index (χ0) is 15.1. The molecule has 0 bridgehead atoms. The Morgan fingerprint density at radius 2 is 1.50 bits per heavy atom. The molecule has 7 nitrogen and oxygen atoms in total. The molecule has 0 fully saturated rings. The first-order valence-corrected chi connectivity index (χ1v) is 6.50. The number of methoxy groups -OCH3 is 2. The fourth-order valence-electron chi connectivity index (χ4n) is 1.76. The molecule has 8 heteroatoms. The summed E-state index contributed by atoms with van der Waals surface area (Å²) in [6.45, 7) is 1.74. The van der Waals surface area contributed by atoms with Crippen molar-refractivity contribution in [2.24, 2.45) is 0 Å². The summed E-state index contributed by atoms with van der Waals surface area (Å²) in [4.78, 5) is 8.01. The first-order chi connectivity index (χ1) is 10.3. The Labute approximate surface area is 171 Å². The predicted molar refractivity (Wildman–Crippen MR) is 78.3 cm³/mol. The SMILES string of the molecule is COCCOc1cc2ncnc([NH-])c2cc1OCCOC.[K+]. The van der Waals surface area contributed by atoms with E-state index in [4.69, 9.17) is 24.7 Å². The number of aromatic nitrogens is 2. The smallest absolute Gasteiger partial charge is 0.487 e. The van der Waals surface area contributed by atoms with Crippen LogP contribution in [0.1, 0.15) is 0 Å². The van der Waals surface area contributed by atoms with Crippen LogP contribution in [-0.2, 0) is 9.47 Å². The Morgan fingerprint density at radius 1 is 0.909 bits per heavy atom. The molecule has 1 heterocycles. The molecular weight excluding hydrogens is 313 g/mol. The molecular formula is C14H18KN3O4.